The molecule has 10 rings (SSSR count). The molecule has 56 heavy (non-hydrogen) atoms. The lowest BCUT2D eigenvalue weighted by Gasteiger charge is -2.36. The summed E-state index contributed by atoms with van der Waals surface area (Å²) in [5.41, 5.74) is 7.06. The predicted molar refractivity (Wildman–Crippen MR) is 225 cm³/mol. The van der Waals surface area contributed by atoms with Crippen LogP contribution in [0.1, 0.15) is 38.9 Å². The van der Waals surface area contributed by atoms with Gasteiger partial charge in [0.25, 0.3) is 0 Å². The number of hydrogen-bond acceptors (Lipinski definition) is 4. The molecule has 8 heteroatoms. The Labute approximate surface area is 327 Å². The third kappa shape index (κ3) is 5.42. The highest BCUT2D eigenvalue weighted by molar-refractivity contribution is 6.37. The van der Waals surface area contributed by atoms with Crippen molar-refractivity contribution in [2.45, 2.75) is 6.18 Å². The van der Waals surface area contributed by atoms with E-state index in [0.717, 1.165) is 44.8 Å². The van der Waals surface area contributed by atoms with Gasteiger partial charge in [0.2, 0.25) is 0 Å². The Kier molecular flexibility index (Phi) is 7.94. The van der Waals surface area contributed by atoms with E-state index in [9.17, 15) is 0 Å². The number of halogens is 4. The topological polar surface area (TPSA) is 22.6 Å². The standard InChI is InChI=1S/C48H30ClF3N4/c49-44-45(54-37-19-7-1-13-31(37)25-26-32-14-2-8-20-38(32)54)43(48(50,51)52)46(55-39-21-9-3-15-33(39)27-28-34-16-4-10-22-40(34)55)53-47(44)56-41-23-11-5-17-35(41)29-30-36-18-6-12-24-42(36)56/h1-30H. The van der Waals surface area contributed by atoms with E-state index in [4.69, 9.17) is 16.6 Å². The van der Waals surface area contributed by atoms with Crippen LogP contribution in [0.5, 0.6) is 0 Å². The molecule has 0 unspecified atom stereocenters. The Bertz CT molecular complexity index is 2660. The molecule has 0 spiro atoms. The van der Waals surface area contributed by atoms with E-state index in [-0.39, 0.29) is 22.3 Å². The first-order chi connectivity index (χ1) is 27.4. The third-order valence-corrected chi connectivity index (χ3v) is 10.7. The molecule has 3 aliphatic rings. The van der Waals surface area contributed by atoms with Gasteiger partial charge in [-0.05, 0) is 69.8 Å². The lowest BCUT2D eigenvalue weighted by Crippen LogP contribution is -2.26. The fraction of sp³-hybridized carbons (Fsp3) is 0.0208. The van der Waals surface area contributed by atoms with Gasteiger partial charge in [0, 0.05) is 0 Å². The number of aromatic nitrogens is 1. The molecule has 0 aliphatic carbocycles. The highest BCUT2D eigenvalue weighted by Gasteiger charge is 2.45. The maximum atomic E-state index is 16.6. The molecule has 1 aromatic heterocycles. The maximum absolute atomic E-state index is 16.6. The average Bonchev–Trinajstić information content (AvgIpc) is 3.58. The molecule has 6 aromatic carbocycles. The Morgan fingerprint density at radius 1 is 0.375 bits per heavy atom. The summed E-state index contributed by atoms with van der Waals surface area (Å²) in [7, 11) is 0. The van der Waals surface area contributed by atoms with E-state index in [2.05, 4.69) is 0 Å². The second-order valence-corrected chi connectivity index (χ2v) is 14.0. The van der Waals surface area contributed by atoms with Gasteiger partial charge in [-0.2, -0.15) is 13.2 Å². The van der Waals surface area contributed by atoms with Gasteiger partial charge in [-0.3, -0.25) is 9.80 Å². The lowest BCUT2D eigenvalue weighted by molar-refractivity contribution is -0.136. The summed E-state index contributed by atoms with van der Waals surface area (Å²) in [6, 6.07) is 45.3. The normalized spacial score (nSPS) is 13.8. The predicted octanol–water partition coefficient (Wildman–Crippen LogP) is 14.6. The zero-order chi connectivity index (χ0) is 38.0. The maximum Gasteiger partial charge on any atom is 0.422 e. The molecule has 4 nitrogen and oxygen atoms in total. The van der Waals surface area contributed by atoms with Crippen LogP contribution in [0.3, 0.4) is 0 Å². The van der Waals surface area contributed by atoms with E-state index in [0.29, 0.717) is 22.7 Å². The molecule has 0 saturated carbocycles. The van der Waals surface area contributed by atoms with Crippen LogP contribution >= 0.6 is 11.6 Å². The van der Waals surface area contributed by atoms with E-state index in [1.807, 2.05) is 187 Å². The summed E-state index contributed by atoms with van der Waals surface area (Å²) in [5, 5.41) is -0.159. The number of rotatable bonds is 3. The minimum Gasteiger partial charge on any atom is -0.307 e. The fourth-order valence-electron chi connectivity index (χ4n) is 7.93. The summed E-state index contributed by atoms with van der Waals surface area (Å²) in [4.78, 5) is 10.3. The zero-order valence-corrected chi connectivity index (χ0v) is 30.4. The molecule has 0 atom stereocenters. The van der Waals surface area contributed by atoms with Crippen molar-refractivity contribution < 1.29 is 13.2 Å². The van der Waals surface area contributed by atoms with E-state index in [1.54, 1.807) is 9.80 Å². The molecule has 7 aromatic rings. The lowest BCUT2D eigenvalue weighted by atomic mass is 10.0. The Morgan fingerprint density at radius 3 is 0.946 bits per heavy atom. The number of fused-ring (bicyclic) bond motifs is 6. The van der Waals surface area contributed by atoms with Crippen LogP contribution < -0.4 is 14.7 Å². The number of pyridine rings is 1. The van der Waals surface area contributed by atoms with Crippen molar-refractivity contribution in [3.8, 4) is 0 Å². The van der Waals surface area contributed by atoms with Crippen molar-refractivity contribution in [3.05, 3.63) is 190 Å². The van der Waals surface area contributed by atoms with Crippen LogP contribution in [-0.4, -0.2) is 4.98 Å². The van der Waals surface area contributed by atoms with Crippen molar-refractivity contribution in [1.82, 2.24) is 4.98 Å². The van der Waals surface area contributed by atoms with Crippen molar-refractivity contribution in [1.29, 1.82) is 0 Å². The van der Waals surface area contributed by atoms with Crippen LogP contribution in [0.4, 0.5) is 64.6 Å². The number of nitrogens with zero attached hydrogens (tertiary/aromatic N) is 4. The number of hydrogen-bond donors (Lipinski definition) is 0. The van der Waals surface area contributed by atoms with Crippen LogP contribution in [0.15, 0.2) is 146 Å². The highest BCUT2D eigenvalue weighted by atomic mass is 35.5. The number of alkyl halides is 3. The zero-order valence-electron chi connectivity index (χ0n) is 29.6. The van der Waals surface area contributed by atoms with Crippen LogP contribution in [0.25, 0.3) is 36.5 Å². The molecule has 0 radical (unpaired) electrons. The average molecular weight is 755 g/mol. The molecular weight excluding hydrogens is 725 g/mol. The van der Waals surface area contributed by atoms with Gasteiger partial charge in [-0.1, -0.05) is 157 Å². The molecular formula is C48H30ClF3N4. The first-order valence-electron chi connectivity index (χ1n) is 18.2. The molecule has 4 heterocycles. The molecule has 0 N–H and O–H groups in total. The molecule has 3 aliphatic heterocycles. The summed E-state index contributed by atoms with van der Waals surface area (Å²) < 4.78 is 49.8. The van der Waals surface area contributed by atoms with Gasteiger partial charge >= 0.3 is 6.18 Å². The van der Waals surface area contributed by atoms with Crippen molar-refractivity contribution in [2.24, 2.45) is 0 Å². The Balaban J connectivity index is 1.40. The fourth-order valence-corrected chi connectivity index (χ4v) is 8.23. The molecule has 0 amide bonds. The smallest absolute Gasteiger partial charge is 0.307 e. The molecule has 270 valence electrons. The Hall–Kier alpha value is -6.83. The molecule has 0 fully saturated rings. The van der Waals surface area contributed by atoms with E-state index < -0.39 is 11.7 Å². The summed E-state index contributed by atoms with van der Waals surface area (Å²) >= 11 is 7.69. The second-order valence-electron chi connectivity index (χ2n) is 13.7. The quantitative estimate of drug-likeness (QED) is 0.179. The van der Waals surface area contributed by atoms with Crippen molar-refractivity contribution in [2.75, 3.05) is 14.7 Å². The number of benzene rings is 6. The summed E-state index contributed by atoms with van der Waals surface area (Å²) in [6.45, 7) is 0. The van der Waals surface area contributed by atoms with Crippen LogP contribution in [0.2, 0.25) is 5.02 Å². The van der Waals surface area contributed by atoms with Crippen LogP contribution in [0, 0.1) is 0 Å². The SMILES string of the molecule is FC(F)(F)c1c(N2c3ccccc3C=Cc3ccccc32)nc(N2c3ccccc3C=Cc3ccccc32)c(Cl)c1N1c2ccccc2C=Cc2ccccc21. The highest BCUT2D eigenvalue weighted by Crippen LogP contribution is 2.58. The third-order valence-electron chi connectivity index (χ3n) is 10.4. The van der Waals surface area contributed by atoms with Gasteiger partial charge in [0.15, 0.2) is 11.6 Å². The minimum atomic E-state index is -4.94. The minimum absolute atomic E-state index is 0.146. The van der Waals surface area contributed by atoms with E-state index in [1.165, 1.54) is 0 Å². The largest absolute Gasteiger partial charge is 0.422 e. The number of para-hydroxylation sites is 6. The molecule has 0 saturated heterocycles. The Morgan fingerprint density at radius 2 is 0.643 bits per heavy atom. The van der Waals surface area contributed by atoms with Gasteiger partial charge < -0.3 is 4.90 Å². The van der Waals surface area contributed by atoms with Gasteiger partial charge in [-0.15, -0.1) is 0 Å². The number of anilines is 9. The van der Waals surface area contributed by atoms with Crippen molar-refractivity contribution in [3.63, 3.8) is 0 Å². The first kappa shape index (κ1) is 33.7. The monoisotopic (exact) mass is 754 g/mol. The summed E-state index contributed by atoms with van der Waals surface area (Å²) in [5.74, 6) is -0.164. The molecule has 0 bridgehead atoms. The second kappa shape index (κ2) is 13.2. The van der Waals surface area contributed by atoms with Gasteiger partial charge in [0.1, 0.15) is 10.6 Å². The van der Waals surface area contributed by atoms with Crippen LogP contribution in [-0.2, 0) is 6.18 Å². The van der Waals surface area contributed by atoms with Crippen molar-refractivity contribution >= 4 is 99.5 Å². The van der Waals surface area contributed by atoms with Gasteiger partial charge in [-0.25, -0.2) is 4.98 Å². The van der Waals surface area contributed by atoms with Gasteiger partial charge in [0.05, 0.1) is 39.8 Å². The first-order valence-corrected chi connectivity index (χ1v) is 18.5. The summed E-state index contributed by atoms with van der Waals surface area (Å²) in [6.07, 6.45) is 6.79. The van der Waals surface area contributed by atoms with E-state index >= 15 is 13.2 Å².